The van der Waals surface area contributed by atoms with Crippen molar-refractivity contribution in [2.45, 2.75) is 26.2 Å². The summed E-state index contributed by atoms with van der Waals surface area (Å²) >= 11 is -2.09. The Balaban J connectivity index is 0. The number of unbranched alkanes of at least 4 members (excludes halogenated alkanes) is 1. The minimum absolute atomic E-state index is 0. The third-order valence-corrected chi connectivity index (χ3v) is 2.64. The van der Waals surface area contributed by atoms with Crippen LogP contribution in [0.5, 0.6) is 0 Å². The van der Waals surface area contributed by atoms with E-state index in [-0.39, 0.29) is 24.6 Å². The molecule has 0 fully saturated rings. The predicted molar refractivity (Wildman–Crippen MR) is 25.2 cm³/mol. The number of carbonyl (C=O) groups excluding carboxylic acids is 1. The summed E-state index contributed by atoms with van der Waals surface area (Å²) in [5.41, 5.74) is 0. The van der Waals surface area contributed by atoms with Crippen molar-refractivity contribution >= 4 is 2.19 Å². The van der Waals surface area contributed by atoms with Crippen LogP contribution >= 0.6 is 0 Å². The molecule has 0 aromatic heterocycles. The number of hydrogen-bond donors (Lipinski definition) is 0. The molecule has 0 N–H and O–H groups in total. The maximum Gasteiger partial charge on any atom is 0 e. The molecule has 0 saturated heterocycles. The Labute approximate surface area is 88.0 Å². The van der Waals surface area contributed by atoms with Gasteiger partial charge in [-0.25, -0.2) is 0 Å². The monoisotopic (exact) mass is 421 g/mol. The molecule has 0 saturated carbocycles. The van der Waals surface area contributed by atoms with Crippen LogP contribution in [0.25, 0.3) is 0 Å². The van der Waals surface area contributed by atoms with Crippen molar-refractivity contribution in [1.82, 2.24) is 0 Å². The Morgan fingerprint density at radius 3 is 2.44 bits per heavy atom. The predicted octanol–water partition coefficient (Wildman–Crippen LogP) is 1.13. The SMILES string of the molecule is CCCC[C](=O)[La]=[O].[Ta]. The molecular formula is C5H9LaO2Ta. The minimum Gasteiger partial charge on any atom is 0 e. The summed E-state index contributed by atoms with van der Waals surface area (Å²) in [6, 6.07) is 0. The molecule has 0 amide bonds. The van der Waals surface area contributed by atoms with E-state index in [0.717, 1.165) is 12.8 Å². The van der Waals surface area contributed by atoms with Crippen molar-refractivity contribution < 1.29 is 60.8 Å². The van der Waals surface area contributed by atoms with E-state index in [0.29, 0.717) is 6.42 Å². The second kappa shape index (κ2) is 9.41. The Morgan fingerprint density at radius 1 is 1.56 bits per heavy atom. The molecule has 0 atom stereocenters. The van der Waals surface area contributed by atoms with Crippen LogP contribution in [0.1, 0.15) is 26.2 Å². The molecular weight excluding hydrogens is 412 g/mol. The van der Waals surface area contributed by atoms with E-state index in [1.54, 1.807) is 0 Å². The first-order chi connectivity index (χ1) is 3.81. The average molecular weight is 421 g/mol. The van der Waals surface area contributed by atoms with E-state index in [1.165, 1.54) is 0 Å². The maximum atomic E-state index is 10.4. The normalized spacial score (nSPS) is 7.22. The Hall–Kier alpha value is 1.41. The zero-order chi connectivity index (χ0) is 6.41. The van der Waals surface area contributed by atoms with Crippen molar-refractivity contribution in [3.05, 3.63) is 0 Å². The molecule has 49 valence electrons. The fraction of sp³-hybridized carbons (Fsp3) is 0.800. The number of rotatable bonds is 4. The van der Waals surface area contributed by atoms with Crippen LogP contribution in [0.2, 0.25) is 0 Å². The third kappa shape index (κ3) is 9.41. The summed E-state index contributed by atoms with van der Waals surface area (Å²) in [7, 11) is 0. The molecule has 0 unspecified atom stereocenters. The summed E-state index contributed by atoms with van der Waals surface area (Å²) in [5, 5.41) is 0. The van der Waals surface area contributed by atoms with Gasteiger partial charge in [0.2, 0.25) is 0 Å². The van der Waals surface area contributed by atoms with E-state index < -0.39 is 31.9 Å². The fourth-order valence-electron chi connectivity index (χ4n) is 0.410. The number of hydrogen-bond acceptors (Lipinski definition) is 2. The average Bonchev–Trinajstić information content (AvgIpc) is 1.83. The van der Waals surface area contributed by atoms with Gasteiger partial charge < -0.3 is 0 Å². The molecule has 0 aromatic rings. The second-order valence-corrected chi connectivity index (χ2v) is 4.45. The smallest absolute Gasteiger partial charge is 0 e. The largest absolute Gasteiger partial charge is 0 e. The fourth-order valence-corrected chi connectivity index (χ4v) is 1.42. The van der Waals surface area contributed by atoms with Crippen molar-refractivity contribution in [1.29, 1.82) is 0 Å². The van der Waals surface area contributed by atoms with Crippen LogP contribution in [-0.4, -0.2) is 2.19 Å². The molecule has 0 rings (SSSR count). The first-order valence-electron chi connectivity index (χ1n) is 2.79. The topological polar surface area (TPSA) is 34.1 Å². The van der Waals surface area contributed by atoms with Crippen molar-refractivity contribution in [3.63, 3.8) is 0 Å². The molecule has 1 radical (unpaired) electrons. The van der Waals surface area contributed by atoms with Gasteiger partial charge in [-0.05, 0) is 0 Å². The van der Waals surface area contributed by atoms with Crippen LogP contribution < -0.4 is 0 Å². The summed E-state index contributed by atoms with van der Waals surface area (Å²) in [6.45, 7) is 2.02. The van der Waals surface area contributed by atoms with Crippen molar-refractivity contribution in [3.8, 4) is 0 Å². The maximum absolute atomic E-state index is 10.4. The van der Waals surface area contributed by atoms with Gasteiger partial charge >= 0.3 is 66.8 Å². The quantitative estimate of drug-likeness (QED) is 0.683. The van der Waals surface area contributed by atoms with Gasteiger partial charge in [0.05, 0.1) is 0 Å². The van der Waals surface area contributed by atoms with E-state index >= 15 is 0 Å². The molecule has 4 heteroatoms. The van der Waals surface area contributed by atoms with Gasteiger partial charge in [-0.3, -0.25) is 0 Å². The van der Waals surface area contributed by atoms with Gasteiger partial charge in [-0.15, -0.1) is 0 Å². The first-order valence-corrected chi connectivity index (χ1v) is 6.08. The summed E-state index contributed by atoms with van der Waals surface area (Å²) < 4.78 is 10.0. The Bertz CT molecular complexity index is 95.0. The Kier molecular flexibility index (Phi) is 13.6. The minimum atomic E-state index is -2.09. The van der Waals surface area contributed by atoms with Crippen LogP contribution in [0.4, 0.5) is 0 Å². The van der Waals surface area contributed by atoms with Gasteiger partial charge in [0.1, 0.15) is 0 Å². The zero-order valence-electron chi connectivity index (χ0n) is 5.46. The summed E-state index contributed by atoms with van der Waals surface area (Å²) in [5.74, 6) is 0. The van der Waals surface area contributed by atoms with Crippen LogP contribution in [0, 0.1) is 31.9 Å². The number of carbonyl (C=O) groups is 1. The summed E-state index contributed by atoms with van der Waals surface area (Å²) in [6.07, 6.45) is 2.50. The standard InChI is InChI=1S/C5H9O.La.O.Ta/c1-2-3-4-5-6;;;/h2-4H2,1H3;;;. The van der Waals surface area contributed by atoms with Crippen LogP contribution in [-0.2, 0) is 28.9 Å². The Morgan fingerprint density at radius 2 is 2.11 bits per heavy atom. The molecule has 0 aliphatic rings. The molecule has 0 aromatic carbocycles. The molecule has 0 aliphatic heterocycles. The van der Waals surface area contributed by atoms with Crippen molar-refractivity contribution in [2.24, 2.45) is 0 Å². The summed E-state index contributed by atoms with van der Waals surface area (Å²) in [4.78, 5) is 10.4. The van der Waals surface area contributed by atoms with Gasteiger partial charge in [-0.2, -0.15) is 0 Å². The van der Waals surface area contributed by atoms with E-state index in [4.69, 9.17) is 0 Å². The van der Waals surface area contributed by atoms with E-state index in [1.807, 2.05) is 6.92 Å². The van der Waals surface area contributed by atoms with Crippen molar-refractivity contribution in [2.75, 3.05) is 0 Å². The second-order valence-electron chi connectivity index (χ2n) is 1.69. The molecule has 9 heavy (non-hydrogen) atoms. The van der Waals surface area contributed by atoms with Gasteiger partial charge in [0.25, 0.3) is 0 Å². The van der Waals surface area contributed by atoms with Crippen LogP contribution in [0.15, 0.2) is 0 Å². The molecule has 0 spiro atoms. The molecule has 0 bridgehead atoms. The first kappa shape index (κ1) is 13.0. The van der Waals surface area contributed by atoms with Gasteiger partial charge in [-0.1, -0.05) is 0 Å². The van der Waals surface area contributed by atoms with Gasteiger partial charge in [0.15, 0.2) is 0 Å². The van der Waals surface area contributed by atoms with E-state index in [2.05, 4.69) is 0 Å². The van der Waals surface area contributed by atoms with Crippen LogP contribution in [0.3, 0.4) is 0 Å². The van der Waals surface area contributed by atoms with E-state index in [9.17, 15) is 6.49 Å². The molecule has 2 nitrogen and oxygen atoms in total. The zero-order valence-corrected chi connectivity index (χ0v) is 12.3. The molecule has 0 heterocycles. The van der Waals surface area contributed by atoms with Gasteiger partial charge in [0, 0.05) is 22.4 Å². The molecule has 0 aliphatic carbocycles. The third-order valence-electron chi connectivity index (χ3n) is 0.908.